The first kappa shape index (κ1) is 5.35. The van der Waals surface area contributed by atoms with E-state index in [1.165, 1.54) is 0 Å². The summed E-state index contributed by atoms with van der Waals surface area (Å²) in [5.74, 6) is 1.02. The SMILES string of the molecule is CC=CC1=NCCN1. The van der Waals surface area contributed by atoms with Crippen molar-refractivity contribution < 1.29 is 0 Å². The van der Waals surface area contributed by atoms with Crippen molar-refractivity contribution in [1.82, 2.24) is 5.32 Å². The number of hydrogen-bond acceptors (Lipinski definition) is 2. The molecule has 0 saturated carbocycles. The summed E-state index contributed by atoms with van der Waals surface area (Å²) in [6.45, 7) is 3.92. The molecule has 0 bridgehead atoms. The fraction of sp³-hybridized carbons (Fsp3) is 0.500. The summed E-state index contributed by atoms with van der Waals surface area (Å²) in [6.07, 6.45) is 3.96. The van der Waals surface area contributed by atoms with Crippen LogP contribution in [0.2, 0.25) is 0 Å². The van der Waals surface area contributed by atoms with Gasteiger partial charge in [0.15, 0.2) is 0 Å². The van der Waals surface area contributed by atoms with E-state index in [1.807, 2.05) is 19.1 Å². The minimum absolute atomic E-state index is 0.930. The van der Waals surface area contributed by atoms with Gasteiger partial charge in [-0.15, -0.1) is 0 Å². The van der Waals surface area contributed by atoms with Crippen LogP contribution in [0.4, 0.5) is 0 Å². The third-order valence-electron chi connectivity index (χ3n) is 1.02. The molecule has 0 aromatic heterocycles. The molecule has 1 aliphatic rings. The van der Waals surface area contributed by atoms with Gasteiger partial charge in [0.25, 0.3) is 0 Å². The normalized spacial score (nSPS) is 18.9. The van der Waals surface area contributed by atoms with Gasteiger partial charge in [-0.25, -0.2) is 0 Å². The first-order valence-electron chi connectivity index (χ1n) is 2.84. The van der Waals surface area contributed by atoms with Crippen molar-refractivity contribution in [2.45, 2.75) is 6.92 Å². The zero-order chi connectivity index (χ0) is 5.82. The lowest BCUT2D eigenvalue weighted by Crippen LogP contribution is -2.15. The molecular weight excluding hydrogens is 100 g/mol. The molecule has 0 unspecified atom stereocenters. The Morgan fingerprint density at radius 2 is 2.62 bits per heavy atom. The van der Waals surface area contributed by atoms with Crippen LogP contribution in [-0.2, 0) is 0 Å². The minimum atomic E-state index is 0.930. The van der Waals surface area contributed by atoms with E-state index in [-0.39, 0.29) is 0 Å². The van der Waals surface area contributed by atoms with Crippen LogP contribution in [0.3, 0.4) is 0 Å². The van der Waals surface area contributed by atoms with E-state index >= 15 is 0 Å². The topological polar surface area (TPSA) is 24.4 Å². The first-order valence-corrected chi connectivity index (χ1v) is 2.84. The highest BCUT2D eigenvalue weighted by atomic mass is 15.1. The monoisotopic (exact) mass is 110 g/mol. The second kappa shape index (κ2) is 2.50. The van der Waals surface area contributed by atoms with Crippen molar-refractivity contribution in [3.63, 3.8) is 0 Å². The average Bonchev–Trinajstić information content (AvgIpc) is 2.19. The number of aliphatic imine (C=N–C) groups is 1. The van der Waals surface area contributed by atoms with E-state index in [2.05, 4.69) is 10.3 Å². The zero-order valence-corrected chi connectivity index (χ0v) is 5.02. The minimum Gasteiger partial charge on any atom is -0.369 e. The Morgan fingerprint density at radius 1 is 1.75 bits per heavy atom. The maximum absolute atomic E-state index is 4.14. The van der Waals surface area contributed by atoms with E-state index in [4.69, 9.17) is 0 Å². The molecule has 0 aromatic rings. The van der Waals surface area contributed by atoms with Gasteiger partial charge in [-0.05, 0) is 13.0 Å². The Morgan fingerprint density at radius 3 is 3.12 bits per heavy atom. The van der Waals surface area contributed by atoms with Gasteiger partial charge in [0.05, 0.1) is 6.54 Å². The highest BCUT2D eigenvalue weighted by Gasteiger charge is 1.97. The van der Waals surface area contributed by atoms with Gasteiger partial charge in [0.1, 0.15) is 5.84 Å². The predicted molar refractivity (Wildman–Crippen MR) is 35.1 cm³/mol. The standard InChI is InChI=1S/C6H10N2/c1-2-3-6-7-4-5-8-6/h2-3H,4-5H2,1H3,(H,7,8). The van der Waals surface area contributed by atoms with E-state index in [1.54, 1.807) is 0 Å². The molecule has 1 aliphatic heterocycles. The average molecular weight is 110 g/mol. The van der Waals surface area contributed by atoms with Gasteiger partial charge >= 0.3 is 0 Å². The van der Waals surface area contributed by atoms with Crippen molar-refractivity contribution in [1.29, 1.82) is 0 Å². The molecule has 0 atom stereocenters. The Kier molecular flexibility index (Phi) is 1.67. The summed E-state index contributed by atoms with van der Waals surface area (Å²) in [7, 11) is 0. The molecule has 2 heteroatoms. The summed E-state index contributed by atoms with van der Waals surface area (Å²) < 4.78 is 0. The molecular formula is C6H10N2. The molecule has 0 fully saturated rings. The maximum atomic E-state index is 4.14. The second-order valence-corrected chi connectivity index (χ2v) is 1.69. The predicted octanol–water partition coefficient (Wildman–Crippen LogP) is 0.564. The van der Waals surface area contributed by atoms with E-state index < -0.39 is 0 Å². The van der Waals surface area contributed by atoms with Gasteiger partial charge in [-0.2, -0.15) is 0 Å². The molecule has 1 rings (SSSR count). The molecule has 0 saturated heterocycles. The molecule has 0 spiro atoms. The number of nitrogens with one attached hydrogen (secondary N) is 1. The number of nitrogens with zero attached hydrogens (tertiary/aromatic N) is 1. The van der Waals surface area contributed by atoms with Crippen molar-refractivity contribution in [3.05, 3.63) is 12.2 Å². The fourth-order valence-electron chi connectivity index (χ4n) is 0.686. The van der Waals surface area contributed by atoms with Crippen LogP contribution in [0.5, 0.6) is 0 Å². The Hall–Kier alpha value is -0.790. The van der Waals surface area contributed by atoms with Crippen molar-refractivity contribution in [2.24, 2.45) is 4.99 Å². The Bertz CT molecular complexity index is 124. The first-order chi connectivity index (χ1) is 3.93. The van der Waals surface area contributed by atoms with Crippen LogP contribution >= 0.6 is 0 Å². The van der Waals surface area contributed by atoms with Crippen LogP contribution in [0.1, 0.15) is 6.92 Å². The lowest BCUT2D eigenvalue weighted by Gasteiger charge is -1.89. The van der Waals surface area contributed by atoms with Crippen LogP contribution in [0.15, 0.2) is 17.1 Å². The van der Waals surface area contributed by atoms with Gasteiger partial charge in [-0.1, -0.05) is 6.08 Å². The fourth-order valence-corrected chi connectivity index (χ4v) is 0.686. The largest absolute Gasteiger partial charge is 0.369 e. The lowest BCUT2D eigenvalue weighted by molar-refractivity contribution is 0.961. The number of allylic oxidation sites excluding steroid dienone is 1. The molecule has 44 valence electrons. The van der Waals surface area contributed by atoms with E-state index in [0.717, 1.165) is 18.9 Å². The summed E-state index contributed by atoms with van der Waals surface area (Å²) in [5, 5.41) is 3.12. The van der Waals surface area contributed by atoms with E-state index in [9.17, 15) is 0 Å². The van der Waals surface area contributed by atoms with Crippen LogP contribution in [0.25, 0.3) is 0 Å². The van der Waals surface area contributed by atoms with Gasteiger partial charge in [0, 0.05) is 6.54 Å². The molecule has 0 aliphatic carbocycles. The van der Waals surface area contributed by atoms with Crippen molar-refractivity contribution in [2.75, 3.05) is 13.1 Å². The van der Waals surface area contributed by atoms with Crippen molar-refractivity contribution >= 4 is 5.84 Å². The molecule has 1 heterocycles. The van der Waals surface area contributed by atoms with Gasteiger partial charge in [0.2, 0.25) is 0 Å². The summed E-state index contributed by atoms with van der Waals surface area (Å²) in [5.41, 5.74) is 0. The third-order valence-corrected chi connectivity index (χ3v) is 1.02. The Balaban J connectivity index is 2.45. The molecule has 0 amide bonds. The van der Waals surface area contributed by atoms with Crippen LogP contribution in [-0.4, -0.2) is 18.9 Å². The molecule has 0 radical (unpaired) electrons. The van der Waals surface area contributed by atoms with Crippen LogP contribution in [0, 0.1) is 0 Å². The lowest BCUT2D eigenvalue weighted by atomic mass is 10.5. The second-order valence-electron chi connectivity index (χ2n) is 1.69. The summed E-state index contributed by atoms with van der Waals surface area (Å²) >= 11 is 0. The molecule has 8 heavy (non-hydrogen) atoms. The third kappa shape index (κ3) is 1.09. The molecule has 2 nitrogen and oxygen atoms in total. The smallest absolute Gasteiger partial charge is 0.120 e. The zero-order valence-electron chi connectivity index (χ0n) is 5.02. The van der Waals surface area contributed by atoms with Crippen molar-refractivity contribution in [3.8, 4) is 0 Å². The molecule has 0 aromatic carbocycles. The van der Waals surface area contributed by atoms with Crippen LogP contribution < -0.4 is 5.32 Å². The quantitative estimate of drug-likeness (QED) is 0.524. The van der Waals surface area contributed by atoms with Gasteiger partial charge in [-0.3, -0.25) is 4.99 Å². The summed E-state index contributed by atoms with van der Waals surface area (Å²) in [6, 6.07) is 0. The maximum Gasteiger partial charge on any atom is 0.120 e. The van der Waals surface area contributed by atoms with E-state index in [0.29, 0.717) is 0 Å². The summed E-state index contributed by atoms with van der Waals surface area (Å²) in [4.78, 5) is 4.14. The Labute approximate surface area is 49.3 Å². The highest BCUT2D eigenvalue weighted by Crippen LogP contribution is 1.85. The van der Waals surface area contributed by atoms with Gasteiger partial charge < -0.3 is 5.32 Å². The number of rotatable bonds is 1. The molecule has 1 N–H and O–H groups in total. The highest BCUT2D eigenvalue weighted by molar-refractivity contribution is 5.93. The number of hydrogen-bond donors (Lipinski definition) is 1. The number of amidine groups is 1.